The summed E-state index contributed by atoms with van der Waals surface area (Å²) in [5, 5.41) is 0. The van der Waals surface area contributed by atoms with Crippen LogP contribution in [0.5, 0.6) is 0 Å². The van der Waals surface area contributed by atoms with Crippen LogP contribution in [-0.2, 0) is 30.8 Å². The summed E-state index contributed by atoms with van der Waals surface area (Å²) in [5.41, 5.74) is 1.34. The van der Waals surface area contributed by atoms with Crippen molar-refractivity contribution in [3.63, 3.8) is 0 Å². The number of anilines is 1. The van der Waals surface area contributed by atoms with Crippen molar-refractivity contribution in [2.75, 3.05) is 64.4 Å². The fourth-order valence-corrected chi connectivity index (χ4v) is 5.81. The Balaban J connectivity index is 1.60. The van der Waals surface area contributed by atoms with E-state index in [1.165, 1.54) is 22.2 Å². The predicted octanol–water partition coefficient (Wildman–Crippen LogP) is -0.241. The van der Waals surface area contributed by atoms with Crippen molar-refractivity contribution in [2.24, 2.45) is 0 Å². The largest absolute Gasteiger partial charge is 0.379 e. The van der Waals surface area contributed by atoms with Crippen molar-refractivity contribution >= 4 is 27.5 Å². The van der Waals surface area contributed by atoms with Crippen molar-refractivity contribution in [1.82, 2.24) is 14.1 Å². The first-order valence-electron chi connectivity index (χ1n) is 10.3. The molecule has 0 N–H and O–H groups in total. The lowest BCUT2D eigenvalue weighted by molar-refractivity contribution is -0.135. The topological polar surface area (TPSA) is 90.5 Å². The van der Waals surface area contributed by atoms with Gasteiger partial charge in [-0.15, -0.1) is 0 Å². The van der Waals surface area contributed by atoms with E-state index in [1.54, 1.807) is 17.0 Å². The summed E-state index contributed by atoms with van der Waals surface area (Å²) >= 11 is 0. The number of piperazine rings is 1. The third-order valence-corrected chi connectivity index (χ3v) is 7.98. The molecule has 0 saturated carbocycles. The maximum Gasteiger partial charge on any atom is 0.246 e. The molecule has 1 unspecified atom stereocenters. The van der Waals surface area contributed by atoms with E-state index in [-0.39, 0.29) is 16.7 Å². The molecule has 9 nitrogen and oxygen atoms in total. The molecule has 0 aromatic heterocycles. The standard InChI is InChI=1S/C20H28N4O5S/c1-15(25)24-18-4-3-17(30(27,28)23-9-11-29-12-10-23)13-16(18)14-19(24)20(26)22-7-5-21(2)6-8-22/h3-4,13,19H,5-12,14H2,1-2H3. The van der Waals surface area contributed by atoms with E-state index >= 15 is 0 Å². The van der Waals surface area contributed by atoms with Gasteiger partial charge in [-0.1, -0.05) is 0 Å². The number of fused-ring (bicyclic) bond motifs is 1. The van der Waals surface area contributed by atoms with Gasteiger partial charge >= 0.3 is 0 Å². The van der Waals surface area contributed by atoms with Gasteiger partial charge in [-0.05, 0) is 30.8 Å². The second-order valence-corrected chi connectivity index (χ2v) is 9.98. The highest BCUT2D eigenvalue weighted by Crippen LogP contribution is 2.35. The first-order valence-corrected chi connectivity index (χ1v) is 11.7. The monoisotopic (exact) mass is 436 g/mol. The number of hydrogen-bond donors (Lipinski definition) is 0. The van der Waals surface area contributed by atoms with E-state index in [4.69, 9.17) is 4.74 Å². The lowest BCUT2D eigenvalue weighted by Crippen LogP contribution is -2.54. The minimum Gasteiger partial charge on any atom is -0.379 e. The third-order valence-electron chi connectivity index (χ3n) is 6.08. The van der Waals surface area contributed by atoms with Crippen molar-refractivity contribution < 1.29 is 22.7 Å². The van der Waals surface area contributed by atoms with E-state index in [0.717, 1.165) is 13.1 Å². The molecule has 4 rings (SSSR count). The first-order chi connectivity index (χ1) is 14.3. The summed E-state index contributed by atoms with van der Waals surface area (Å²) < 4.78 is 32.7. The van der Waals surface area contributed by atoms with Gasteiger partial charge in [0.2, 0.25) is 21.8 Å². The molecule has 1 atom stereocenters. The average molecular weight is 437 g/mol. The lowest BCUT2D eigenvalue weighted by atomic mass is 10.1. The second-order valence-electron chi connectivity index (χ2n) is 8.04. The van der Waals surface area contributed by atoms with E-state index in [2.05, 4.69) is 4.90 Å². The Morgan fingerprint density at radius 3 is 2.33 bits per heavy atom. The van der Waals surface area contributed by atoms with E-state index < -0.39 is 16.1 Å². The van der Waals surface area contributed by atoms with Crippen LogP contribution in [0.4, 0.5) is 5.69 Å². The van der Waals surface area contributed by atoms with Gasteiger partial charge < -0.3 is 14.5 Å². The molecule has 3 aliphatic heterocycles. The molecule has 0 radical (unpaired) electrons. The Hall–Kier alpha value is -2.01. The normalized spacial score (nSPS) is 23.5. The Labute approximate surface area is 177 Å². The maximum atomic E-state index is 13.2. The van der Waals surface area contributed by atoms with Crippen molar-refractivity contribution in [3.05, 3.63) is 23.8 Å². The number of sulfonamides is 1. The van der Waals surface area contributed by atoms with E-state index in [1.807, 2.05) is 7.05 Å². The molecular weight excluding hydrogens is 408 g/mol. The smallest absolute Gasteiger partial charge is 0.246 e. The summed E-state index contributed by atoms with van der Waals surface area (Å²) in [7, 11) is -1.62. The number of carbonyl (C=O) groups is 2. The van der Waals surface area contributed by atoms with Crippen LogP contribution in [0, 0.1) is 0 Å². The highest BCUT2D eigenvalue weighted by atomic mass is 32.2. The molecule has 1 aromatic carbocycles. The third kappa shape index (κ3) is 3.84. The van der Waals surface area contributed by atoms with Crippen LogP contribution in [0.2, 0.25) is 0 Å². The van der Waals surface area contributed by atoms with Gasteiger partial charge in [0.15, 0.2) is 0 Å². The zero-order valence-corrected chi connectivity index (χ0v) is 18.2. The number of nitrogens with zero attached hydrogens (tertiary/aromatic N) is 4. The zero-order chi connectivity index (χ0) is 21.5. The number of rotatable bonds is 3. The molecule has 10 heteroatoms. The summed E-state index contributed by atoms with van der Waals surface area (Å²) in [6.45, 7) is 5.70. The second kappa shape index (κ2) is 8.26. The Kier molecular flexibility index (Phi) is 5.84. The number of morpholine rings is 1. The summed E-state index contributed by atoms with van der Waals surface area (Å²) in [4.78, 5) is 31.3. The average Bonchev–Trinajstić information content (AvgIpc) is 3.13. The van der Waals surface area contributed by atoms with Crippen molar-refractivity contribution in [2.45, 2.75) is 24.3 Å². The van der Waals surface area contributed by atoms with Gasteiger partial charge in [-0.25, -0.2) is 8.42 Å². The quantitative estimate of drug-likeness (QED) is 0.650. The molecule has 0 bridgehead atoms. The number of likely N-dealkylation sites (N-methyl/N-ethyl adjacent to an activating group) is 1. The molecule has 1 aromatic rings. The van der Waals surface area contributed by atoms with E-state index in [9.17, 15) is 18.0 Å². The Bertz CT molecular complexity index is 937. The molecule has 2 saturated heterocycles. The summed E-state index contributed by atoms with van der Waals surface area (Å²) in [5.74, 6) is -0.294. The molecule has 3 aliphatic rings. The predicted molar refractivity (Wildman–Crippen MR) is 111 cm³/mol. The van der Waals surface area contributed by atoms with Crippen LogP contribution in [0.1, 0.15) is 12.5 Å². The first kappa shape index (κ1) is 21.2. The van der Waals surface area contributed by atoms with Crippen LogP contribution in [0.3, 0.4) is 0 Å². The van der Waals surface area contributed by atoms with Gasteiger partial charge in [0.1, 0.15) is 6.04 Å². The Morgan fingerprint density at radius 2 is 1.70 bits per heavy atom. The fourth-order valence-electron chi connectivity index (χ4n) is 4.35. The SMILES string of the molecule is CC(=O)N1c2ccc(S(=O)(=O)N3CCOCC3)cc2CC1C(=O)N1CCN(C)CC1. The molecule has 30 heavy (non-hydrogen) atoms. The zero-order valence-electron chi connectivity index (χ0n) is 17.4. The van der Waals surface area contributed by atoms with Crippen LogP contribution in [0.15, 0.2) is 23.1 Å². The van der Waals surface area contributed by atoms with Gasteiger partial charge in [0, 0.05) is 58.3 Å². The summed E-state index contributed by atoms with van der Waals surface area (Å²) in [6.07, 6.45) is 0.326. The number of hydrogen-bond acceptors (Lipinski definition) is 6. The molecule has 2 fully saturated rings. The highest BCUT2D eigenvalue weighted by Gasteiger charge is 2.40. The highest BCUT2D eigenvalue weighted by molar-refractivity contribution is 7.89. The van der Waals surface area contributed by atoms with Gasteiger partial charge in [0.25, 0.3) is 0 Å². The molecule has 2 amide bonds. The Morgan fingerprint density at radius 1 is 1.03 bits per heavy atom. The maximum absolute atomic E-state index is 13.2. The minimum absolute atomic E-state index is 0.0768. The summed E-state index contributed by atoms with van der Waals surface area (Å²) in [6, 6.07) is 4.18. The number of ether oxygens (including phenoxy) is 1. The lowest BCUT2D eigenvalue weighted by Gasteiger charge is -2.35. The van der Waals surface area contributed by atoms with E-state index in [0.29, 0.717) is 57.1 Å². The molecular formula is C20H28N4O5S. The molecule has 0 spiro atoms. The van der Waals surface area contributed by atoms with Crippen LogP contribution < -0.4 is 4.90 Å². The van der Waals surface area contributed by atoms with Crippen LogP contribution in [-0.4, -0.2) is 99.9 Å². The van der Waals surface area contributed by atoms with Gasteiger partial charge in [-0.3, -0.25) is 14.5 Å². The van der Waals surface area contributed by atoms with Gasteiger partial charge in [-0.2, -0.15) is 4.31 Å². The van der Waals surface area contributed by atoms with Gasteiger partial charge in [0.05, 0.1) is 18.1 Å². The molecule has 3 heterocycles. The van der Waals surface area contributed by atoms with Crippen LogP contribution >= 0.6 is 0 Å². The molecule has 164 valence electrons. The van der Waals surface area contributed by atoms with Crippen molar-refractivity contribution in [3.8, 4) is 0 Å². The number of benzene rings is 1. The van der Waals surface area contributed by atoms with Crippen molar-refractivity contribution in [1.29, 1.82) is 0 Å². The number of carbonyl (C=O) groups excluding carboxylic acids is 2. The molecule has 0 aliphatic carbocycles. The fraction of sp³-hybridized carbons (Fsp3) is 0.600. The van der Waals surface area contributed by atoms with Crippen LogP contribution in [0.25, 0.3) is 0 Å². The minimum atomic E-state index is -3.64. The number of amides is 2.